The average molecular weight is 605 g/mol. The standard InChI is InChI=1S/C41H80O2/c1-3-5-7-9-11-13-15-17-19-21-23-25-27-29-31-33-35-40(39-41-42-37-38-43-41)36-34-32-30-28-26-24-22-20-18-16-14-12-10-8-6-4-2/h37-38,40-41H,3-36,39H2,1-2H3. The number of hydrogen-bond donors (Lipinski definition) is 0. The average Bonchev–Trinajstić information content (AvgIpc) is 3.53. The molecule has 1 aliphatic rings. The Morgan fingerprint density at radius 2 is 0.581 bits per heavy atom. The molecule has 256 valence electrons. The highest BCUT2D eigenvalue weighted by Crippen LogP contribution is 2.26. The predicted octanol–water partition coefficient (Wildman–Crippen LogP) is 15.1. The normalized spacial score (nSPS) is 13.3. The maximum absolute atomic E-state index is 5.65. The Balaban J connectivity index is 1.91. The molecule has 0 bridgehead atoms. The van der Waals surface area contributed by atoms with E-state index in [1.807, 2.05) is 0 Å². The Kier molecular flexibility index (Phi) is 32.1. The molecule has 43 heavy (non-hydrogen) atoms. The van der Waals surface area contributed by atoms with E-state index in [0.29, 0.717) is 0 Å². The van der Waals surface area contributed by atoms with Crippen LogP contribution in [0, 0.1) is 5.92 Å². The lowest BCUT2D eigenvalue weighted by Gasteiger charge is -2.20. The molecule has 0 radical (unpaired) electrons. The smallest absolute Gasteiger partial charge is 0.239 e. The third-order valence-corrected chi connectivity index (χ3v) is 9.97. The van der Waals surface area contributed by atoms with E-state index < -0.39 is 0 Å². The van der Waals surface area contributed by atoms with Gasteiger partial charge in [-0.3, -0.25) is 0 Å². The van der Waals surface area contributed by atoms with Gasteiger partial charge in [0, 0.05) is 6.42 Å². The van der Waals surface area contributed by atoms with E-state index in [4.69, 9.17) is 9.47 Å². The minimum Gasteiger partial charge on any atom is -0.459 e. The maximum atomic E-state index is 5.65. The van der Waals surface area contributed by atoms with Crippen molar-refractivity contribution in [3.8, 4) is 0 Å². The van der Waals surface area contributed by atoms with Gasteiger partial charge in [0.25, 0.3) is 0 Å². The van der Waals surface area contributed by atoms with Gasteiger partial charge in [-0.25, -0.2) is 0 Å². The lowest BCUT2D eigenvalue weighted by atomic mass is 9.91. The molecule has 0 spiro atoms. The maximum Gasteiger partial charge on any atom is 0.239 e. The van der Waals surface area contributed by atoms with Crippen LogP contribution in [0.25, 0.3) is 0 Å². The summed E-state index contributed by atoms with van der Waals surface area (Å²) >= 11 is 0. The van der Waals surface area contributed by atoms with Crippen LogP contribution in [-0.4, -0.2) is 6.29 Å². The van der Waals surface area contributed by atoms with E-state index in [9.17, 15) is 0 Å². The highest BCUT2D eigenvalue weighted by Gasteiger charge is 2.19. The molecule has 0 aromatic rings. The molecule has 0 fully saturated rings. The molecule has 0 aromatic heterocycles. The van der Waals surface area contributed by atoms with Gasteiger partial charge in [0.1, 0.15) is 12.5 Å². The van der Waals surface area contributed by atoms with Crippen LogP contribution >= 0.6 is 0 Å². The quantitative estimate of drug-likeness (QED) is 0.0662. The second-order valence-corrected chi connectivity index (χ2v) is 14.3. The molecular weight excluding hydrogens is 524 g/mol. The van der Waals surface area contributed by atoms with Crippen molar-refractivity contribution in [1.29, 1.82) is 0 Å². The number of rotatable bonds is 36. The minimum atomic E-state index is -0.0212. The summed E-state index contributed by atoms with van der Waals surface area (Å²) in [6, 6.07) is 0. The van der Waals surface area contributed by atoms with Crippen LogP contribution in [0.15, 0.2) is 12.5 Å². The van der Waals surface area contributed by atoms with Crippen LogP contribution in [-0.2, 0) is 9.47 Å². The third-order valence-electron chi connectivity index (χ3n) is 9.97. The molecule has 2 nitrogen and oxygen atoms in total. The first-order valence-electron chi connectivity index (χ1n) is 20.3. The number of ether oxygens (including phenoxy) is 2. The Bertz CT molecular complexity index is 500. The van der Waals surface area contributed by atoms with Crippen molar-refractivity contribution >= 4 is 0 Å². The summed E-state index contributed by atoms with van der Waals surface area (Å²) in [4.78, 5) is 0. The summed E-state index contributed by atoms with van der Waals surface area (Å²) in [6.45, 7) is 4.61. The van der Waals surface area contributed by atoms with Crippen molar-refractivity contribution < 1.29 is 9.47 Å². The van der Waals surface area contributed by atoms with Gasteiger partial charge in [0.2, 0.25) is 6.29 Å². The van der Waals surface area contributed by atoms with Crippen LogP contribution in [0.1, 0.15) is 239 Å². The molecule has 2 heteroatoms. The van der Waals surface area contributed by atoms with Crippen molar-refractivity contribution in [2.75, 3.05) is 0 Å². The van der Waals surface area contributed by atoms with Gasteiger partial charge in [0.05, 0.1) is 0 Å². The number of unbranched alkanes of at least 4 members (excludes halogenated alkanes) is 30. The molecule has 0 N–H and O–H groups in total. The predicted molar refractivity (Wildman–Crippen MR) is 192 cm³/mol. The van der Waals surface area contributed by atoms with Crippen LogP contribution in [0.5, 0.6) is 0 Å². The second kappa shape index (κ2) is 34.2. The third kappa shape index (κ3) is 29.8. The fourth-order valence-corrected chi connectivity index (χ4v) is 7.00. The van der Waals surface area contributed by atoms with Gasteiger partial charge in [0.15, 0.2) is 0 Å². The summed E-state index contributed by atoms with van der Waals surface area (Å²) in [5, 5.41) is 0. The van der Waals surface area contributed by atoms with Crippen LogP contribution in [0.4, 0.5) is 0 Å². The zero-order chi connectivity index (χ0) is 30.7. The Morgan fingerprint density at radius 1 is 0.349 bits per heavy atom. The summed E-state index contributed by atoms with van der Waals surface area (Å²) in [5.74, 6) is 0.767. The molecule has 0 aromatic carbocycles. The molecule has 0 atom stereocenters. The molecule has 0 unspecified atom stereocenters. The largest absolute Gasteiger partial charge is 0.459 e. The van der Waals surface area contributed by atoms with E-state index >= 15 is 0 Å². The molecule has 1 rings (SSSR count). The van der Waals surface area contributed by atoms with E-state index in [-0.39, 0.29) is 6.29 Å². The highest BCUT2D eigenvalue weighted by molar-refractivity contribution is 4.74. The molecule has 1 aliphatic heterocycles. The molecule has 0 amide bonds. The summed E-state index contributed by atoms with van der Waals surface area (Å²) < 4.78 is 11.3. The first-order valence-corrected chi connectivity index (χ1v) is 20.3. The summed E-state index contributed by atoms with van der Waals surface area (Å²) in [7, 11) is 0. The monoisotopic (exact) mass is 605 g/mol. The topological polar surface area (TPSA) is 18.5 Å². The van der Waals surface area contributed by atoms with Crippen LogP contribution in [0.2, 0.25) is 0 Å². The lowest BCUT2D eigenvalue weighted by Crippen LogP contribution is -2.14. The van der Waals surface area contributed by atoms with Crippen molar-refractivity contribution in [2.45, 2.75) is 245 Å². The zero-order valence-electron chi connectivity index (χ0n) is 29.9. The zero-order valence-corrected chi connectivity index (χ0v) is 29.9. The van der Waals surface area contributed by atoms with E-state index in [1.165, 1.54) is 218 Å². The molecule has 1 heterocycles. The Labute approximate surface area is 272 Å². The molecule has 0 saturated carbocycles. The first kappa shape index (κ1) is 40.4. The van der Waals surface area contributed by atoms with Crippen molar-refractivity contribution in [1.82, 2.24) is 0 Å². The minimum absolute atomic E-state index is 0.0212. The van der Waals surface area contributed by atoms with Gasteiger partial charge in [-0.05, 0) is 5.92 Å². The summed E-state index contributed by atoms with van der Waals surface area (Å²) in [6.07, 6.45) is 53.5. The van der Waals surface area contributed by atoms with E-state index in [0.717, 1.165) is 12.3 Å². The van der Waals surface area contributed by atoms with Crippen LogP contribution < -0.4 is 0 Å². The van der Waals surface area contributed by atoms with E-state index in [2.05, 4.69) is 13.8 Å². The van der Waals surface area contributed by atoms with E-state index in [1.54, 1.807) is 12.5 Å². The van der Waals surface area contributed by atoms with Crippen molar-refractivity contribution in [3.05, 3.63) is 12.5 Å². The Morgan fingerprint density at radius 3 is 0.837 bits per heavy atom. The molecule has 0 aliphatic carbocycles. The fourth-order valence-electron chi connectivity index (χ4n) is 7.00. The molecule has 0 saturated heterocycles. The summed E-state index contributed by atoms with van der Waals surface area (Å²) in [5.41, 5.74) is 0. The molecular formula is C41H80O2. The van der Waals surface area contributed by atoms with Gasteiger partial charge in [-0.2, -0.15) is 0 Å². The van der Waals surface area contributed by atoms with Gasteiger partial charge >= 0.3 is 0 Å². The van der Waals surface area contributed by atoms with Crippen molar-refractivity contribution in [2.24, 2.45) is 5.92 Å². The van der Waals surface area contributed by atoms with Crippen LogP contribution in [0.3, 0.4) is 0 Å². The van der Waals surface area contributed by atoms with Crippen molar-refractivity contribution in [3.63, 3.8) is 0 Å². The SMILES string of the molecule is CCCCCCCCCCCCCCCCCCC(CCCCCCCCCCCCCCCCCC)CC1OC=CO1. The van der Waals surface area contributed by atoms with Gasteiger partial charge < -0.3 is 9.47 Å². The number of hydrogen-bond acceptors (Lipinski definition) is 2. The lowest BCUT2D eigenvalue weighted by molar-refractivity contribution is -0.0410. The first-order chi connectivity index (χ1) is 21.4. The van der Waals surface area contributed by atoms with Gasteiger partial charge in [-0.1, -0.05) is 232 Å². The Hall–Kier alpha value is -0.660. The second-order valence-electron chi connectivity index (χ2n) is 14.3. The van der Waals surface area contributed by atoms with Gasteiger partial charge in [-0.15, -0.1) is 0 Å². The fraction of sp³-hybridized carbons (Fsp3) is 0.951. The highest BCUT2D eigenvalue weighted by atomic mass is 16.7.